The zero-order valence-electron chi connectivity index (χ0n) is 10.7. The molecule has 1 aromatic rings. The van der Waals surface area contributed by atoms with E-state index in [0.29, 0.717) is 30.4 Å². The summed E-state index contributed by atoms with van der Waals surface area (Å²) in [5.41, 5.74) is 6.64. The minimum absolute atomic E-state index is 0.147. The van der Waals surface area contributed by atoms with Crippen molar-refractivity contribution in [3.8, 4) is 0 Å². The first-order valence-electron chi connectivity index (χ1n) is 6.39. The number of hydrogen-bond acceptors (Lipinski definition) is 4. The van der Waals surface area contributed by atoms with Crippen molar-refractivity contribution in [3.05, 3.63) is 11.9 Å². The molecule has 0 bridgehead atoms. The fourth-order valence-corrected chi connectivity index (χ4v) is 2.17. The number of amides is 1. The number of ether oxygens (including phenoxy) is 1. The third-order valence-corrected chi connectivity index (χ3v) is 3.24. The van der Waals surface area contributed by atoms with Crippen molar-refractivity contribution in [2.24, 2.45) is 5.92 Å². The second-order valence-electron chi connectivity index (χ2n) is 4.54. The lowest BCUT2D eigenvalue weighted by Gasteiger charge is -2.10. The molecule has 6 heteroatoms. The van der Waals surface area contributed by atoms with E-state index < -0.39 is 0 Å². The third-order valence-electron chi connectivity index (χ3n) is 3.24. The number of nitrogens with two attached hydrogens (primary N) is 1. The van der Waals surface area contributed by atoms with Gasteiger partial charge in [0.25, 0.3) is 5.91 Å². The number of anilines is 1. The molecular weight excluding hydrogens is 232 g/mol. The van der Waals surface area contributed by atoms with Gasteiger partial charge in [-0.25, -0.2) is 0 Å². The summed E-state index contributed by atoms with van der Waals surface area (Å²) in [4.78, 5) is 12.0. The van der Waals surface area contributed by atoms with Crippen LogP contribution in [0, 0.1) is 5.92 Å². The molecule has 1 aliphatic rings. The molecule has 1 fully saturated rings. The Hall–Kier alpha value is -1.56. The lowest BCUT2D eigenvalue weighted by Crippen LogP contribution is -2.29. The van der Waals surface area contributed by atoms with Crippen LogP contribution in [0.3, 0.4) is 0 Å². The Morgan fingerprint density at radius 3 is 3.22 bits per heavy atom. The van der Waals surface area contributed by atoms with Gasteiger partial charge in [0.1, 0.15) is 5.69 Å². The summed E-state index contributed by atoms with van der Waals surface area (Å²) in [5, 5.41) is 6.94. The fourth-order valence-electron chi connectivity index (χ4n) is 2.17. The Morgan fingerprint density at radius 2 is 2.56 bits per heavy atom. The summed E-state index contributed by atoms with van der Waals surface area (Å²) in [5.74, 6) is 0.421. The molecule has 0 aromatic carbocycles. The number of nitrogens with zero attached hydrogens (tertiary/aromatic N) is 2. The molecule has 1 amide bonds. The van der Waals surface area contributed by atoms with Crippen molar-refractivity contribution in [2.45, 2.75) is 26.3 Å². The van der Waals surface area contributed by atoms with E-state index in [1.807, 2.05) is 6.92 Å². The normalized spacial score (nSPS) is 19.1. The lowest BCUT2D eigenvalue weighted by molar-refractivity contribution is 0.0940. The van der Waals surface area contributed by atoms with Gasteiger partial charge in [0.05, 0.1) is 11.9 Å². The highest BCUT2D eigenvalue weighted by atomic mass is 16.5. The Morgan fingerprint density at radius 1 is 1.72 bits per heavy atom. The molecule has 100 valence electrons. The molecule has 18 heavy (non-hydrogen) atoms. The smallest absolute Gasteiger partial charge is 0.271 e. The lowest BCUT2D eigenvalue weighted by atomic mass is 10.1. The number of aromatic nitrogens is 2. The van der Waals surface area contributed by atoms with Crippen molar-refractivity contribution in [1.29, 1.82) is 0 Å². The zero-order chi connectivity index (χ0) is 13.0. The Bertz CT molecular complexity index is 410. The van der Waals surface area contributed by atoms with Crippen LogP contribution in [0.2, 0.25) is 0 Å². The van der Waals surface area contributed by atoms with Gasteiger partial charge in [0, 0.05) is 26.3 Å². The first kappa shape index (κ1) is 12.9. The molecule has 1 unspecified atom stereocenters. The van der Waals surface area contributed by atoms with Gasteiger partial charge >= 0.3 is 0 Å². The van der Waals surface area contributed by atoms with Crippen LogP contribution >= 0.6 is 0 Å². The Labute approximate surface area is 106 Å². The van der Waals surface area contributed by atoms with Gasteiger partial charge in [-0.15, -0.1) is 0 Å². The van der Waals surface area contributed by atoms with Gasteiger partial charge in [-0.2, -0.15) is 5.10 Å². The monoisotopic (exact) mass is 252 g/mol. The van der Waals surface area contributed by atoms with E-state index in [9.17, 15) is 4.79 Å². The molecule has 1 saturated heterocycles. The van der Waals surface area contributed by atoms with E-state index >= 15 is 0 Å². The van der Waals surface area contributed by atoms with Crippen LogP contribution in [0.5, 0.6) is 0 Å². The van der Waals surface area contributed by atoms with Crippen molar-refractivity contribution in [1.82, 2.24) is 15.1 Å². The summed E-state index contributed by atoms with van der Waals surface area (Å²) < 4.78 is 6.91. The van der Waals surface area contributed by atoms with E-state index in [2.05, 4.69) is 10.4 Å². The molecule has 0 radical (unpaired) electrons. The average Bonchev–Trinajstić information content (AvgIpc) is 2.98. The van der Waals surface area contributed by atoms with Gasteiger partial charge in [0.15, 0.2) is 0 Å². The molecule has 1 aromatic heterocycles. The summed E-state index contributed by atoms with van der Waals surface area (Å²) in [6, 6.07) is 0. The summed E-state index contributed by atoms with van der Waals surface area (Å²) >= 11 is 0. The predicted octanol–water partition coefficient (Wildman–Crippen LogP) is 0.642. The fraction of sp³-hybridized carbons (Fsp3) is 0.667. The average molecular weight is 252 g/mol. The first-order valence-corrected chi connectivity index (χ1v) is 6.39. The summed E-state index contributed by atoms with van der Waals surface area (Å²) in [6.07, 6.45) is 3.56. The van der Waals surface area contributed by atoms with Gasteiger partial charge in [0.2, 0.25) is 0 Å². The molecule has 6 nitrogen and oxygen atoms in total. The summed E-state index contributed by atoms with van der Waals surface area (Å²) in [7, 11) is 0. The maximum absolute atomic E-state index is 12.0. The van der Waals surface area contributed by atoms with Crippen LogP contribution in [0.25, 0.3) is 0 Å². The van der Waals surface area contributed by atoms with E-state index in [1.165, 1.54) is 6.20 Å². The molecule has 0 aliphatic carbocycles. The summed E-state index contributed by atoms with van der Waals surface area (Å²) in [6.45, 7) is 4.87. The molecule has 1 aliphatic heterocycles. The number of nitrogens with one attached hydrogen (secondary N) is 1. The minimum Gasteiger partial charge on any atom is -0.396 e. The molecular formula is C12H20N4O2. The number of rotatable bonds is 5. The van der Waals surface area contributed by atoms with Gasteiger partial charge in [-0.3, -0.25) is 9.48 Å². The second kappa shape index (κ2) is 5.86. The SMILES string of the molecule is CCn1ncc(N)c1C(=O)NCCC1CCOC1. The maximum atomic E-state index is 12.0. The molecule has 3 N–H and O–H groups in total. The molecule has 2 rings (SSSR count). The number of aryl methyl sites for hydroxylation is 1. The van der Waals surface area contributed by atoms with E-state index in [1.54, 1.807) is 4.68 Å². The standard InChI is InChI=1S/C12H20N4O2/c1-2-16-11(10(13)7-15-16)12(17)14-5-3-9-4-6-18-8-9/h7,9H,2-6,8,13H2,1H3,(H,14,17). The topological polar surface area (TPSA) is 82.2 Å². The molecule has 1 atom stereocenters. The second-order valence-corrected chi connectivity index (χ2v) is 4.54. The van der Waals surface area contributed by atoms with Crippen LogP contribution in [-0.4, -0.2) is 35.4 Å². The van der Waals surface area contributed by atoms with Crippen molar-refractivity contribution >= 4 is 11.6 Å². The van der Waals surface area contributed by atoms with Crippen LogP contribution < -0.4 is 11.1 Å². The van der Waals surface area contributed by atoms with Crippen LogP contribution in [0.15, 0.2) is 6.20 Å². The quantitative estimate of drug-likeness (QED) is 0.805. The van der Waals surface area contributed by atoms with E-state index in [-0.39, 0.29) is 5.91 Å². The first-order chi connectivity index (χ1) is 8.72. The Kier molecular flexibility index (Phi) is 4.19. The van der Waals surface area contributed by atoms with E-state index in [4.69, 9.17) is 10.5 Å². The minimum atomic E-state index is -0.147. The van der Waals surface area contributed by atoms with Gasteiger partial charge in [-0.1, -0.05) is 0 Å². The predicted molar refractivity (Wildman–Crippen MR) is 68.2 cm³/mol. The number of carbonyl (C=O) groups is 1. The highest BCUT2D eigenvalue weighted by Crippen LogP contribution is 2.15. The third kappa shape index (κ3) is 2.81. The Balaban J connectivity index is 1.85. The molecule has 2 heterocycles. The van der Waals surface area contributed by atoms with Crippen LogP contribution in [-0.2, 0) is 11.3 Å². The van der Waals surface area contributed by atoms with Crippen molar-refractivity contribution in [2.75, 3.05) is 25.5 Å². The van der Waals surface area contributed by atoms with Gasteiger partial charge < -0.3 is 15.8 Å². The zero-order valence-corrected chi connectivity index (χ0v) is 10.7. The number of carbonyl (C=O) groups excluding carboxylic acids is 1. The van der Waals surface area contributed by atoms with Gasteiger partial charge in [-0.05, 0) is 25.7 Å². The number of hydrogen-bond donors (Lipinski definition) is 2. The van der Waals surface area contributed by atoms with E-state index in [0.717, 1.165) is 26.1 Å². The van der Waals surface area contributed by atoms with Crippen molar-refractivity contribution < 1.29 is 9.53 Å². The van der Waals surface area contributed by atoms with Crippen LogP contribution in [0.1, 0.15) is 30.3 Å². The van der Waals surface area contributed by atoms with Crippen molar-refractivity contribution in [3.63, 3.8) is 0 Å². The van der Waals surface area contributed by atoms with Crippen LogP contribution in [0.4, 0.5) is 5.69 Å². The molecule has 0 saturated carbocycles. The molecule has 0 spiro atoms. The largest absolute Gasteiger partial charge is 0.396 e. The highest BCUT2D eigenvalue weighted by Gasteiger charge is 2.18. The highest BCUT2D eigenvalue weighted by molar-refractivity contribution is 5.97. The number of nitrogen functional groups attached to an aromatic ring is 1. The maximum Gasteiger partial charge on any atom is 0.271 e.